The van der Waals surface area contributed by atoms with Crippen molar-refractivity contribution in [1.29, 1.82) is 0 Å². The average molecular weight is 348 g/mol. The number of methoxy groups -OCH3 is 1. The SMILES string of the molecule is COCCOCCOc1ccc([S+]2CCCCC2)c2ccccc12. The van der Waals surface area contributed by atoms with Gasteiger partial charge in [0.2, 0.25) is 0 Å². The van der Waals surface area contributed by atoms with Crippen molar-refractivity contribution in [3.8, 4) is 5.75 Å². The molecule has 3 nitrogen and oxygen atoms in total. The van der Waals surface area contributed by atoms with Crippen LogP contribution in [0.5, 0.6) is 5.75 Å². The van der Waals surface area contributed by atoms with Crippen LogP contribution in [0, 0.1) is 0 Å². The quantitative estimate of drug-likeness (QED) is 0.533. The largest absolute Gasteiger partial charge is 0.491 e. The smallest absolute Gasteiger partial charge is 0.162 e. The molecule has 0 radical (unpaired) electrons. The van der Waals surface area contributed by atoms with Gasteiger partial charge in [-0.25, -0.2) is 0 Å². The standard InChI is InChI=1S/C20H27O3S/c1-21-11-12-22-13-14-23-19-9-10-20(24-15-5-2-6-16-24)18-8-4-3-7-17(18)19/h3-4,7-10H,2,5-6,11-16H2,1H3/q+1. The Kier molecular flexibility index (Phi) is 6.82. The molecule has 0 N–H and O–H groups in total. The van der Waals surface area contributed by atoms with Gasteiger partial charge in [-0.1, -0.05) is 18.2 Å². The number of hydrogen-bond donors (Lipinski definition) is 0. The molecule has 1 heterocycles. The van der Waals surface area contributed by atoms with Crippen molar-refractivity contribution >= 4 is 21.7 Å². The van der Waals surface area contributed by atoms with Crippen LogP contribution in [-0.2, 0) is 20.4 Å². The summed E-state index contributed by atoms with van der Waals surface area (Å²) in [4.78, 5) is 1.52. The lowest BCUT2D eigenvalue weighted by Crippen LogP contribution is -2.18. The zero-order valence-electron chi connectivity index (χ0n) is 14.5. The highest BCUT2D eigenvalue weighted by atomic mass is 32.2. The van der Waals surface area contributed by atoms with Crippen LogP contribution in [0.3, 0.4) is 0 Å². The molecule has 2 aromatic carbocycles. The molecule has 0 atom stereocenters. The van der Waals surface area contributed by atoms with Gasteiger partial charge in [0.1, 0.15) is 23.9 Å². The highest BCUT2D eigenvalue weighted by Crippen LogP contribution is 2.34. The van der Waals surface area contributed by atoms with E-state index in [-0.39, 0.29) is 0 Å². The van der Waals surface area contributed by atoms with E-state index in [0.29, 0.717) is 37.3 Å². The van der Waals surface area contributed by atoms with E-state index < -0.39 is 0 Å². The van der Waals surface area contributed by atoms with Crippen molar-refractivity contribution in [1.82, 2.24) is 0 Å². The third kappa shape index (κ3) is 4.44. The van der Waals surface area contributed by atoms with E-state index in [1.54, 1.807) is 7.11 Å². The lowest BCUT2D eigenvalue weighted by atomic mass is 10.1. The van der Waals surface area contributed by atoms with Crippen molar-refractivity contribution in [2.24, 2.45) is 0 Å². The van der Waals surface area contributed by atoms with Crippen LogP contribution in [0.25, 0.3) is 10.8 Å². The van der Waals surface area contributed by atoms with Gasteiger partial charge in [0.25, 0.3) is 0 Å². The van der Waals surface area contributed by atoms with Gasteiger partial charge in [-0.3, -0.25) is 0 Å². The van der Waals surface area contributed by atoms with Crippen molar-refractivity contribution < 1.29 is 14.2 Å². The molecule has 0 unspecified atom stereocenters. The number of fused-ring (bicyclic) bond motifs is 1. The van der Waals surface area contributed by atoms with Gasteiger partial charge in [-0.05, 0) is 37.5 Å². The van der Waals surface area contributed by atoms with Crippen LogP contribution in [0.15, 0.2) is 41.3 Å². The summed E-state index contributed by atoms with van der Waals surface area (Å²) >= 11 is 0. The molecule has 0 bridgehead atoms. The van der Waals surface area contributed by atoms with Crippen molar-refractivity contribution in [2.45, 2.75) is 24.2 Å². The fourth-order valence-corrected chi connectivity index (χ4v) is 5.63. The first kappa shape index (κ1) is 17.6. The lowest BCUT2D eigenvalue weighted by molar-refractivity contribution is 0.0547. The van der Waals surface area contributed by atoms with E-state index in [4.69, 9.17) is 14.2 Å². The Morgan fingerprint density at radius 1 is 0.833 bits per heavy atom. The maximum absolute atomic E-state index is 5.98. The Bertz CT molecular complexity index is 638. The normalized spacial score (nSPS) is 15.7. The van der Waals surface area contributed by atoms with Gasteiger partial charge in [0, 0.05) is 28.8 Å². The summed E-state index contributed by atoms with van der Waals surface area (Å²) in [5.41, 5.74) is 0. The molecular formula is C20H27O3S+. The van der Waals surface area contributed by atoms with E-state index in [2.05, 4.69) is 36.4 Å². The fraction of sp³-hybridized carbons (Fsp3) is 0.500. The average Bonchev–Trinajstić information content (AvgIpc) is 2.65. The summed E-state index contributed by atoms with van der Waals surface area (Å²) < 4.78 is 16.4. The minimum Gasteiger partial charge on any atom is -0.491 e. The molecule has 0 spiro atoms. The molecule has 1 aliphatic rings. The first-order valence-electron chi connectivity index (χ1n) is 8.79. The topological polar surface area (TPSA) is 27.7 Å². The second-order valence-corrected chi connectivity index (χ2v) is 8.26. The van der Waals surface area contributed by atoms with Gasteiger partial charge in [-0.15, -0.1) is 0 Å². The van der Waals surface area contributed by atoms with Gasteiger partial charge < -0.3 is 14.2 Å². The summed E-state index contributed by atoms with van der Waals surface area (Å²) in [6.07, 6.45) is 4.13. The zero-order chi connectivity index (χ0) is 16.6. The van der Waals surface area contributed by atoms with Crippen LogP contribution >= 0.6 is 0 Å². The molecule has 1 aliphatic heterocycles. The number of ether oxygens (including phenoxy) is 3. The molecule has 130 valence electrons. The van der Waals surface area contributed by atoms with Crippen LogP contribution < -0.4 is 4.74 Å². The zero-order valence-corrected chi connectivity index (χ0v) is 15.3. The molecule has 0 aliphatic carbocycles. The highest BCUT2D eigenvalue weighted by molar-refractivity contribution is 7.97. The van der Waals surface area contributed by atoms with Crippen molar-refractivity contribution in [3.05, 3.63) is 36.4 Å². The number of rotatable bonds is 8. The molecule has 3 rings (SSSR count). The molecule has 24 heavy (non-hydrogen) atoms. The summed E-state index contributed by atoms with van der Waals surface area (Å²) in [6, 6.07) is 13.1. The van der Waals surface area contributed by atoms with E-state index in [1.807, 2.05) is 0 Å². The summed E-state index contributed by atoms with van der Waals surface area (Å²) in [7, 11) is 2.08. The predicted molar refractivity (Wildman–Crippen MR) is 101 cm³/mol. The van der Waals surface area contributed by atoms with E-state index in [0.717, 1.165) is 5.75 Å². The second kappa shape index (κ2) is 9.30. The Morgan fingerprint density at radius 2 is 1.58 bits per heavy atom. The van der Waals surface area contributed by atoms with Crippen LogP contribution in [0.4, 0.5) is 0 Å². The molecule has 1 saturated heterocycles. The molecule has 2 aromatic rings. The third-order valence-corrected chi connectivity index (χ3v) is 6.89. The third-order valence-electron chi connectivity index (χ3n) is 4.35. The van der Waals surface area contributed by atoms with Gasteiger partial charge >= 0.3 is 0 Å². The second-order valence-electron chi connectivity index (χ2n) is 6.02. The van der Waals surface area contributed by atoms with Crippen LogP contribution in [-0.4, -0.2) is 45.0 Å². The summed E-state index contributed by atoms with van der Waals surface area (Å²) in [6.45, 7) is 2.39. The van der Waals surface area contributed by atoms with Gasteiger partial charge in [-0.2, -0.15) is 0 Å². The Labute approximate surface area is 147 Å². The van der Waals surface area contributed by atoms with Gasteiger partial charge in [0.15, 0.2) is 4.90 Å². The van der Waals surface area contributed by atoms with E-state index >= 15 is 0 Å². The van der Waals surface area contributed by atoms with Crippen LogP contribution in [0.1, 0.15) is 19.3 Å². The molecule has 0 aromatic heterocycles. The Morgan fingerprint density at radius 3 is 2.38 bits per heavy atom. The van der Waals surface area contributed by atoms with Crippen molar-refractivity contribution in [3.63, 3.8) is 0 Å². The minimum atomic E-state index is 0.404. The van der Waals surface area contributed by atoms with Gasteiger partial charge in [0.05, 0.1) is 19.8 Å². The molecule has 0 amide bonds. The molecule has 1 fully saturated rings. The number of hydrogen-bond acceptors (Lipinski definition) is 3. The Balaban J connectivity index is 1.71. The Hall–Kier alpha value is -1.23. The lowest BCUT2D eigenvalue weighted by Gasteiger charge is -2.16. The first-order valence-corrected chi connectivity index (χ1v) is 10.3. The maximum atomic E-state index is 5.98. The summed E-state index contributed by atoms with van der Waals surface area (Å²) in [5.74, 6) is 3.65. The monoisotopic (exact) mass is 347 g/mol. The molecular weight excluding hydrogens is 320 g/mol. The van der Waals surface area contributed by atoms with Crippen LogP contribution in [0.2, 0.25) is 0 Å². The fourth-order valence-electron chi connectivity index (χ4n) is 3.13. The number of benzene rings is 2. The summed E-state index contributed by atoms with van der Waals surface area (Å²) in [5, 5.41) is 2.59. The van der Waals surface area contributed by atoms with E-state index in [9.17, 15) is 0 Å². The van der Waals surface area contributed by atoms with E-state index in [1.165, 1.54) is 46.4 Å². The maximum Gasteiger partial charge on any atom is 0.162 e. The molecule has 4 heteroatoms. The minimum absolute atomic E-state index is 0.404. The highest BCUT2D eigenvalue weighted by Gasteiger charge is 2.27. The van der Waals surface area contributed by atoms with Crippen molar-refractivity contribution in [2.75, 3.05) is 45.0 Å². The molecule has 0 saturated carbocycles. The first-order chi connectivity index (χ1) is 11.9. The predicted octanol–water partition coefficient (Wildman–Crippen LogP) is 4.04.